The molecule has 0 spiro atoms. The Morgan fingerprint density at radius 3 is 2.64 bits per heavy atom. The number of carbonyl (C=O) groups is 1. The van der Waals surface area contributed by atoms with Gasteiger partial charge in [-0.15, -0.1) is 11.3 Å². The zero-order chi connectivity index (χ0) is 17.8. The number of thiazole rings is 1. The van der Waals surface area contributed by atoms with Gasteiger partial charge in [-0.05, 0) is 23.8 Å². The summed E-state index contributed by atoms with van der Waals surface area (Å²) in [6, 6.07) is 11.8. The van der Waals surface area contributed by atoms with Gasteiger partial charge in [0.05, 0.1) is 4.92 Å². The second kappa shape index (κ2) is 7.18. The molecule has 0 radical (unpaired) electrons. The Morgan fingerprint density at radius 1 is 1.20 bits per heavy atom. The molecule has 1 heterocycles. The Kier molecular flexibility index (Phi) is 4.80. The van der Waals surface area contributed by atoms with Gasteiger partial charge >= 0.3 is 0 Å². The van der Waals surface area contributed by atoms with Gasteiger partial charge in [0.15, 0.2) is 5.13 Å². The summed E-state index contributed by atoms with van der Waals surface area (Å²) in [5.74, 6) is -0.888. The van der Waals surface area contributed by atoms with E-state index in [-0.39, 0.29) is 17.1 Å². The van der Waals surface area contributed by atoms with E-state index in [9.17, 15) is 19.3 Å². The Morgan fingerprint density at radius 2 is 1.92 bits per heavy atom. The van der Waals surface area contributed by atoms with Crippen molar-refractivity contribution in [3.8, 4) is 0 Å². The maximum atomic E-state index is 12.9. The lowest BCUT2D eigenvalue weighted by molar-refractivity contribution is -0.385. The number of hydrogen-bond acceptors (Lipinski definition) is 5. The van der Waals surface area contributed by atoms with Crippen LogP contribution in [0, 0.1) is 15.9 Å². The van der Waals surface area contributed by atoms with Crippen molar-refractivity contribution in [2.24, 2.45) is 0 Å². The van der Waals surface area contributed by atoms with Gasteiger partial charge < -0.3 is 0 Å². The maximum absolute atomic E-state index is 12.9. The van der Waals surface area contributed by atoms with Crippen molar-refractivity contribution in [2.45, 2.75) is 6.42 Å². The molecule has 8 heteroatoms. The van der Waals surface area contributed by atoms with Crippen LogP contribution in [-0.4, -0.2) is 15.8 Å². The first kappa shape index (κ1) is 16.7. The Bertz CT molecular complexity index is 925. The molecule has 0 saturated heterocycles. The topological polar surface area (TPSA) is 85.1 Å². The van der Waals surface area contributed by atoms with Crippen molar-refractivity contribution < 1.29 is 14.1 Å². The number of nitrogens with zero attached hydrogens (tertiary/aromatic N) is 2. The second-order valence-electron chi connectivity index (χ2n) is 5.16. The lowest BCUT2D eigenvalue weighted by Crippen LogP contribution is -2.13. The lowest BCUT2D eigenvalue weighted by Gasteiger charge is -2.02. The number of aromatic nitrogens is 1. The molecule has 0 atom stereocenters. The van der Waals surface area contributed by atoms with E-state index >= 15 is 0 Å². The van der Waals surface area contributed by atoms with Crippen LogP contribution in [0.2, 0.25) is 0 Å². The molecule has 0 aliphatic heterocycles. The van der Waals surface area contributed by atoms with Gasteiger partial charge in [-0.25, -0.2) is 9.37 Å². The molecule has 0 bridgehead atoms. The van der Waals surface area contributed by atoms with Crippen molar-refractivity contribution in [2.75, 3.05) is 5.32 Å². The van der Waals surface area contributed by atoms with Crippen LogP contribution in [-0.2, 0) is 6.42 Å². The van der Waals surface area contributed by atoms with Crippen LogP contribution in [0.1, 0.15) is 20.8 Å². The number of rotatable bonds is 5. The van der Waals surface area contributed by atoms with Crippen LogP contribution >= 0.6 is 11.3 Å². The second-order valence-corrected chi connectivity index (χ2v) is 6.28. The molecule has 1 amide bonds. The van der Waals surface area contributed by atoms with Crippen LogP contribution in [0.4, 0.5) is 15.2 Å². The number of carbonyl (C=O) groups excluding carboxylic acids is 1. The summed E-state index contributed by atoms with van der Waals surface area (Å²) in [5.41, 5.74) is 0.632. The summed E-state index contributed by atoms with van der Waals surface area (Å²) in [6.45, 7) is 0. The first-order chi connectivity index (χ1) is 12.0. The molecule has 0 aliphatic rings. The minimum absolute atomic E-state index is 0.0252. The summed E-state index contributed by atoms with van der Waals surface area (Å²) in [5, 5.41) is 13.9. The van der Waals surface area contributed by atoms with Gasteiger partial charge in [-0.2, -0.15) is 0 Å². The van der Waals surface area contributed by atoms with Gasteiger partial charge in [0, 0.05) is 23.6 Å². The van der Waals surface area contributed by atoms with E-state index in [0.717, 1.165) is 10.4 Å². The standard InChI is InChI=1S/C17H12FN3O3S/c18-12-7-5-11(6-8-12)9-13-10-19-17(25-13)20-16(22)14-3-1-2-4-15(14)21(23)24/h1-8,10H,9H2,(H,19,20,22). The maximum Gasteiger partial charge on any atom is 0.282 e. The van der Waals surface area contributed by atoms with Gasteiger partial charge in [-0.1, -0.05) is 24.3 Å². The lowest BCUT2D eigenvalue weighted by atomic mass is 10.1. The first-order valence-electron chi connectivity index (χ1n) is 7.27. The summed E-state index contributed by atoms with van der Waals surface area (Å²) in [4.78, 5) is 27.6. The van der Waals surface area contributed by atoms with E-state index in [1.165, 1.54) is 41.7 Å². The van der Waals surface area contributed by atoms with E-state index < -0.39 is 10.8 Å². The molecule has 1 aromatic heterocycles. The van der Waals surface area contributed by atoms with Crippen LogP contribution in [0.25, 0.3) is 0 Å². The minimum Gasteiger partial charge on any atom is -0.298 e. The SMILES string of the molecule is O=C(Nc1ncc(Cc2ccc(F)cc2)s1)c1ccccc1[N+](=O)[O-]. The minimum atomic E-state index is -0.600. The number of hydrogen-bond donors (Lipinski definition) is 1. The number of benzene rings is 2. The van der Waals surface area contributed by atoms with E-state index in [0.29, 0.717) is 11.6 Å². The van der Waals surface area contributed by atoms with Gasteiger partial charge in [-0.3, -0.25) is 20.2 Å². The highest BCUT2D eigenvalue weighted by Gasteiger charge is 2.20. The number of anilines is 1. The third kappa shape index (κ3) is 4.04. The number of amides is 1. The zero-order valence-corrected chi connectivity index (χ0v) is 13.6. The third-order valence-corrected chi connectivity index (χ3v) is 4.32. The molecular weight excluding hydrogens is 345 g/mol. The molecule has 0 saturated carbocycles. The summed E-state index contributed by atoms with van der Waals surface area (Å²) < 4.78 is 12.9. The highest BCUT2D eigenvalue weighted by atomic mass is 32.1. The predicted octanol–water partition coefficient (Wildman–Crippen LogP) is 4.03. The molecule has 6 nitrogen and oxygen atoms in total. The molecule has 126 valence electrons. The van der Waals surface area contributed by atoms with E-state index in [1.807, 2.05) is 0 Å². The Labute approximate surface area is 146 Å². The quantitative estimate of drug-likeness (QED) is 0.552. The summed E-state index contributed by atoms with van der Waals surface area (Å²) in [7, 11) is 0. The molecule has 0 aliphatic carbocycles. The smallest absolute Gasteiger partial charge is 0.282 e. The average molecular weight is 357 g/mol. The van der Waals surface area contributed by atoms with Crippen molar-refractivity contribution >= 4 is 28.1 Å². The average Bonchev–Trinajstić information content (AvgIpc) is 3.03. The highest BCUT2D eigenvalue weighted by Crippen LogP contribution is 2.24. The van der Waals surface area contributed by atoms with E-state index in [4.69, 9.17) is 0 Å². The normalized spacial score (nSPS) is 10.4. The van der Waals surface area contributed by atoms with Crippen LogP contribution < -0.4 is 5.32 Å². The fourth-order valence-corrected chi connectivity index (χ4v) is 3.08. The van der Waals surface area contributed by atoms with Gasteiger partial charge in [0.25, 0.3) is 11.6 Å². The largest absolute Gasteiger partial charge is 0.298 e. The van der Waals surface area contributed by atoms with E-state index in [1.54, 1.807) is 24.4 Å². The Balaban J connectivity index is 1.72. The number of nitro benzene ring substituents is 1. The van der Waals surface area contributed by atoms with Crippen LogP contribution in [0.3, 0.4) is 0 Å². The van der Waals surface area contributed by atoms with Crippen molar-refractivity contribution in [3.05, 3.63) is 86.7 Å². The third-order valence-electron chi connectivity index (χ3n) is 3.41. The molecule has 3 rings (SSSR count). The van der Waals surface area contributed by atoms with E-state index in [2.05, 4.69) is 10.3 Å². The fraction of sp³-hybridized carbons (Fsp3) is 0.0588. The molecule has 1 N–H and O–H groups in total. The highest BCUT2D eigenvalue weighted by molar-refractivity contribution is 7.15. The van der Waals surface area contributed by atoms with Gasteiger partial charge in [0.1, 0.15) is 11.4 Å². The van der Waals surface area contributed by atoms with Crippen molar-refractivity contribution in [3.63, 3.8) is 0 Å². The molecular formula is C17H12FN3O3S. The Hall–Kier alpha value is -3.13. The molecule has 0 fully saturated rings. The number of para-hydroxylation sites is 1. The van der Waals surface area contributed by atoms with Crippen molar-refractivity contribution in [1.29, 1.82) is 0 Å². The zero-order valence-electron chi connectivity index (χ0n) is 12.8. The summed E-state index contributed by atoms with van der Waals surface area (Å²) >= 11 is 1.26. The molecule has 0 unspecified atom stereocenters. The van der Waals surface area contributed by atoms with Crippen LogP contribution in [0.5, 0.6) is 0 Å². The first-order valence-corrected chi connectivity index (χ1v) is 8.08. The summed E-state index contributed by atoms with van der Waals surface area (Å²) in [6.07, 6.45) is 2.17. The number of nitro groups is 1. The fourth-order valence-electron chi connectivity index (χ4n) is 2.24. The number of nitrogens with one attached hydrogen (secondary N) is 1. The predicted molar refractivity (Wildman–Crippen MR) is 92.4 cm³/mol. The molecule has 3 aromatic rings. The monoisotopic (exact) mass is 357 g/mol. The number of halogens is 1. The van der Waals surface area contributed by atoms with Crippen LogP contribution in [0.15, 0.2) is 54.7 Å². The molecule has 2 aromatic carbocycles. The molecule has 25 heavy (non-hydrogen) atoms. The van der Waals surface area contributed by atoms with Gasteiger partial charge in [0.2, 0.25) is 0 Å². The van der Waals surface area contributed by atoms with Crippen molar-refractivity contribution in [1.82, 2.24) is 4.98 Å².